The normalized spacial score (nSPS) is 16.6. The Bertz CT molecular complexity index is 1280. The Hall–Kier alpha value is -3.27. The number of pyridine rings is 2. The largest absolute Gasteiger partial charge is 0.397 e. The Morgan fingerprint density at radius 2 is 2.20 bits per heavy atom. The summed E-state index contributed by atoms with van der Waals surface area (Å²) in [4.78, 5) is 24.9. The Kier molecular flexibility index (Phi) is 4.31. The highest BCUT2D eigenvalue weighted by Crippen LogP contribution is 2.36. The molecular weight excluding hydrogens is 405 g/mol. The van der Waals surface area contributed by atoms with Crippen molar-refractivity contribution in [1.82, 2.24) is 24.9 Å². The lowest BCUT2D eigenvalue weighted by Crippen LogP contribution is -2.37. The first-order valence-electron chi connectivity index (χ1n) is 9.63. The lowest BCUT2D eigenvalue weighted by Gasteiger charge is -2.17. The summed E-state index contributed by atoms with van der Waals surface area (Å²) in [5.41, 5.74) is 8.55. The van der Waals surface area contributed by atoms with E-state index in [2.05, 4.69) is 20.4 Å². The molecule has 30 heavy (non-hydrogen) atoms. The van der Waals surface area contributed by atoms with Crippen LogP contribution in [0.4, 0.5) is 15.9 Å². The molecule has 10 heteroatoms. The standard InChI is InChI=1S/C20H20FN7OS/c1-10-7-15-24-11(2)26-28(15)20-16(10)17(22)18(30-20)19(29)25-13-5-6-27(9-13)14-4-3-12(21)8-23-14/h3-4,7-8,13H,5-6,9,22H2,1-2H3,(H,25,29). The molecule has 154 valence electrons. The summed E-state index contributed by atoms with van der Waals surface area (Å²) < 4.78 is 14.8. The molecule has 5 rings (SSSR count). The Labute approximate surface area is 175 Å². The van der Waals surface area contributed by atoms with Gasteiger partial charge in [0.15, 0.2) is 5.65 Å². The number of anilines is 2. The van der Waals surface area contributed by atoms with Crippen LogP contribution in [0.3, 0.4) is 0 Å². The summed E-state index contributed by atoms with van der Waals surface area (Å²) in [6.07, 6.45) is 1.98. The number of aromatic nitrogens is 4. The molecule has 1 fully saturated rings. The molecule has 5 heterocycles. The molecule has 1 aliphatic heterocycles. The fraction of sp³-hybridized carbons (Fsp3) is 0.300. The number of hydrogen-bond donors (Lipinski definition) is 2. The predicted molar refractivity (Wildman–Crippen MR) is 115 cm³/mol. The van der Waals surface area contributed by atoms with Gasteiger partial charge in [-0.15, -0.1) is 11.3 Å². The van der Waals surface area contributed by atoms with Crippen LogP contribution in [0.1, 0.15) is 27.5 Å². The van der Waals surface area contributed by atoms with E-state index in [0.29, 0.717) is 28.8 Å². The number of halogens is 1. The summed E-state index contributed by atoms with van der Waals surface area (Å²) in [6.45, 7) is 5.15. The monoisotopic (exact) mass is 425 g/mol. The van der Waals surface area contributed by atoms with Crippen LogP contribution >= 0.6 is 11.3 Å². The maximum Gasteiger partial charge on any atom is 0.263 e. The van der Waals surface area contributed by atoms with E-state index in [4.69, 9.17) is 5.73 Å². The molecule has 3 N–H and O–H groups in total. The zero-order valence-electron chi connectivity index (χ0n) is 16.5. The lowest BCUT2D eigenvalue weighted by atomic mass is 10.1. The van der Waals surface area contributed by atoms with E-state index < -0.39 is 0 Å². The number of fused-ring (bicyclic) bond motifs is 3. The molecular formula is C20H20FN7OS. The smallest absolute Gasteiger partial charge is 0.263 e. The van der Waals surface area contributed by atoms with E-state index in [0.717, 1.165) is 34.4 Å². The number of carbonyl (C=O) groups is 1. The van der Waals surface area contributed by atoms with Gasteiger partial charge in [0, 0.05) is 24.5 Å². The number of thiophene rings is 1. The van der Waals surface area contributed by atoms with Crippen LogP contribution in [0.5, 0.6) is 0 Å². The van der Waals surface area contributed by atoms with Crippen molar-refractivity contribution in [2.75, 3.05) is 23.7 Å². The first-order chi connectivity index (χ1) is 14.4. The van der Waals surface area contributed by atoms with Gasteiger partial charge in [-0.25, -0.2) is 18.9 Å². The summed E-state index contributed by atoms with van der Waals surface area (Å²) in [6, 6.07) is 4.93. The van der Waals surface area contributed by atoms with Gasteiger partial charge in [0.25, 0.3) is 5.91 Å². The number of nitrogen functional groups attached to an aromatic ring is 1. The van der Waals surface area contributed by atoms with Crippen LogP contribution in [-0.2, 0) is 0 Å². The van der Waals surface area contributed by atoms with Gasteiger partial charge in [0.05, 0.1) is 11.9 Å². The van der Waals surface area contributed by atoms with Gasteiger partial charge in [-0.1, -0.05) is 0 Å². The topological polar surface area (TPSA) is 101 Å². The third kappa shape index (κ3) is 3.04. The average Bonchev–Trinajstić information content (AvgIpc) is 3.39. The molecule has 1 saturated heterocycles. The summed E-state index contributed by atoms with van der Waals surface area (Å²) in [5.74, 6) is 0.807. The van der Waals surface area contributed by atoms with Gasteiger partial charge in [0.2, 0.25) is 0 Å². The SMILES string of the molecule is Cc1nc2cc(C)c3c(N)c(C(=O)NC4CCN(c5ccc(F)cn5)C4)sc3n2n1. The molecule has 1 atom stereocenters. The van der Waals surface area contributed by atoms with Crippen molar-refractivity contribution < 1.29 is 9.18 Å². The molecule has 0 aliphatic carbocycles. The van der Waals surface area contributed by atoms with Crippen molar-refractivity contribution in [1.29, 1.82) is 0 Å². The minimum atomic E-state index is -0.366. The number of hydrogen-bond acceptors (Lipinski definition) is 7. The van der Waals surface area contributed by atoms with Gasteiger partial charge < -0.3 is 16.0 Å². The van der Waals surface area contributed by atoms with Gasteiger partial charge >= 0.3 is 0 Å². The molecule has 0 radical (unpaired) electrons. The number of nitrogens with one attached hydrogen (secondary N) is 1. The van der Waals surface area contributed by atoms with E-state index in [-0.39, 0.29) is 17.8 Å². The highest BCUT2D eigenvalue weighted by atomic mass is 32.1. The molecule has 1 amide bonds. The van der Waals surface area contributed by atoms with E-state index in [1.807, 2.05) is 24.8 Å². The third-order valence-corrected chi connectivity index (χ3v) is 6.54. The van der Waals surface area contributed by atoms with Crippen molar-refractivity contribution in [3.63, 3.8) is 0 Å². The third-order valence-electron chi connectivity index (χ3n) is 5.36. The second-order valence-corrected chi connectivity index (χ2v) is 8.52. The highest BCUT2D eigenvalue weighted by molar-refractivity contribution is 7.21. The molecule has 0 aromatic carbocycles. The van der Waals surface area contributed by atoms with E-state index >= 15 is 0 Å². The number of nitrogens with two attached hydrogens (primary N) is 1. The summed E-state index contributed by atoms with van der Waals surface area (Å²) >= 11 is 1.33. The molecule has 0 bridgehead atoms. The van der Waals surface area contributed by atoms with Crippen LogP contribution in [0.2, 0.25) is 0 Å². The number of amides is 1. The van der Waals surface area contributed by atoms with Crippen LogP contribution < -0.4 is 16.0 Å². The van der Waals surface area contributed by atoms with Crippen LogP contribution in [0, 0.1) is 19.7 Å². The molecule has 0 saturated carbocycles. The second-order valence-electron chi connectivity index (χ2n) is 7.52. The van der Waals surface area contributed by atoms with Crippen molar-refractivity contribution in [3.05, 3.63) is 46.5 Å². The highest BCUT2D eigenvalue weighted by Gasteiger charge is 2.27. The maximum atomic E-state index is 13.1. The molecule has 1 aliphatic rings. The zero-order chi connectivity index (χ0) is 21.0. The Morgan fingerprint density at radius 1 is 1.37 bits per heavy atom. The first-order valence-corrected chi connectivity index (χ1v) is 10.4. The van der Waals surface area contributed by atoms with Gasteiger partial charge in [-0.2, -0.15) is 5.10 Å². The number of rotatable bonds is 3. The van der Waals surface area contributed by atoms with E-state index in [1.54, 1.807) is 10.6 Å². The Morgan fingerprint density at radius 3 is 2.97 bits per heavy atom. The van der Waals surface area contributed by atoms with Crippen molar-refractivity contribution in [3.8, 4) is 0 Å². The quantitative estimate of drug-likeness (QED) is 0.523. The number of aryl methyl sites for hydroxylation is 2. The molecule has 4 aromatic heterocycles. The number of nitrogens with zero attached hydrogens (tertiary/aromatic N) is 5. The van der Waals surface area contributed by atoms with Crippen molar-refractivity contribution in [2.45, 2.75) is 26.3 Å². The predicted octanol–water partition coefficient (Wildman–Crippen LogP) is 2.69. The first kappa shape index (κ1) is 18.7. The summed E-state index contributed by atoms with van der Waals surface area (Å²) in [7, 11) is 0. The summed E-state index contributed by atoms with van der Waals surface area (Å²) in [5, 5.41) is 8.36. The van der Waals surface area contributed by atoms with Crippen molar-refractivity contribution >= 4 is 44.6 Å². The minimum absolute atomic E-state index is 0.0382. The van der Waals surface area contributed by atoms with E-state index in [9.17, 15) is 9.18 Å². The fourth-order valence-corrected chi connectivity index (χ4v) is 5.11. The average molecular weight is 425 g/mol. The molecule has 0 spiro atoms. The van der Waals surface area contributed by atoms with Crippen LogP contribution in [-0.4, -0.2) is 44.6 Å². The fourth-order valence-electron chi connectivity index (χ4n) is 3.96. The van der Waals surface area contributed by atoms with Gasteiger partial charge in [-0.3, -0.25) is 4.79 Å². The molecule has 1 unspecified atom stereocenters. The van der Waals surface area contributed by atoms with E-state index in [1.165, 1.54) is 23.6 Å². The molecule has 4 aromatic rings. The van der Waals surface area contributed by atoms with Crippen LogP contribution in [0.25, 0.3) is 15.9 Å². The van der Waals surface area contributed by atoms with Gasteiger partial charge in [-0.05, 0) is 44.0 Å². The second kappa shape index (κ2) is 6.91. The van der Waals surface area contributed by atoms with Crippen molar-refractivity contribution in [2.24, 2.45) is 0 Å². The number of carbonyl (C=O) groups excluding carboxylic acids is 1. The zero-order valence-corrected chi connectivity index (χ0v) is 17.3. The maximum absolute atomic E-state index is 13.1. The minimum Gasteiger partial charge on any atom is -0.397 e. The van der Waals surface area contributed by atoms with Gasteiger partial charge in [0.1, 0.15) is 27.2 Å². The lowest BCUT2D eigenvalue weighted by molar-refractivity contribution is 0.0945. The Balaban J connectivity index is 1.40. The molecule has 8 nitrogen and oxygen atoms in total. The van der Waals surface area contributed by atoms with Crippen LogP contribution in [0.15, 0.2) is 24.4 Å².